The van der Waals surface area contributed by atoms with E-state index < -0.39 is 0 Å². The van der Waals surface area contributed by atoms with Gasteiger partial charge >= 0.3 is 0 Å². The van der Waals surface area contributed by atoms with Crippen LogP contribution in [0.4, 0.5) is 0 Å². The second-order valence-electron chi connectivity index (χ2n) is 8.00. The third-order valence-corrected chi connectivity index (χ3v) is 4.13. The van der Waals surface area contributed by atoms with Crippen molar-refractivity contribution < 1.29 is 9.47 Å². The number of rotatable bonds is 14. The van der Waals surface area contributed by atoms with Crippen molar-refractivity contribution in [1.82, 2.24) is 0 Å². The lowest BCUT2D eigenvalue weighted by atomic mass is 10.1. The van der Waals surface area contributed by atoms with Crippen LogP contribution in [-0.2, 0) is 9.47 Å². The molecule has 2 heteroatoms. The van der Waals surface area contributed by atoms with Crippen molar-refractivity contribution in [1.29, 1.82) is 0 Å². The monoisotopic (exact) mass is 374 g/mol. The molecule has 0 fully saturated rings. The highest BCUT2D eigenvalue weighted by Gasteiger charge is 2.08. The molecule has 0 N–H and O–H groups in total. The lowest BCUT2D eigenvalue weighted by molar-refractivity contribution is -0.125. The van der Waals surface area contributed by atoms with Crippen LogP contribution in [0.2, 0.25) is 0 Å². The van der Waals surface area contributed by atoms with E-state index in [2.05, 4.69) is 72.4 Å². The molecule has 0 bridgehead atoms. The fraction of sp³-hybridized carbons (Fsp3) is 0.600. The second kappa shape index (κ2) is 15.7. The molecule has 0 atom stereocenters. The van der Waals surface area contributed by atoms with E-state index in [1.165, 1.54) is 22.3 Å². The van der Waals surface area contributed by atoms with E-state index >= 15 is 0 Å². The Morgan fingerprint density at radius 2 is 1.11 bits per heavy atom. The molecule has 0 saturated heterocycles. The molecule has 154 valence electrons. The molecule has 2 nitrogen and oxygen atoms in total. The predicted molar refractivity (Wildman–Crippen MR) is 120 cm³/mol. The van der Waals surface area contributed by atoms with Crippen LogP contribution in [0.3, 0.4) is 0 Å². The average molecular weight is 375 g/mol. The standard InChI is InChI=1S/C25H42O2/c1-20(2)11-9-13-23(7)15-17-26-25(19-22(5)6)27-18-16-24(8)14-10-12-21(3)4/h11-12,15-16,25H,5,9-10,13-14,17-19H2,1-4,6-8H3. The van der Waals surface area contributed by atoms with Crippen LogP contribution in [0, 0.1) is 0 Å². The Kier molecular flexibility index (Phi) is 14.9. The van der Waals surface area contributed by atoms with Gasteiger partial charge in [-0.05, 0) is 74.1 Å². The molecule has 0 aromatic rings. The highest BCUT2D eigenvalue weighted by atomic mass is 16.7. The summed E-state index contributed by atoms with van der Waals surface area (Å²) in [4.78, 5) is 0. The van der Waals surface area contributed by atoms with Crippen LogP contribution in [0.5, 0.6) is 0 Å². The number of hydrogen-bond donors (Lipinski definition) is 0. The van der Waals surface area contributed by atoms with Crippen LogP contribution in [0.25, 0.3) is 0 Å². The highest BCUT2D eigenvalue weighted by Crippen LogP contribution is 2.12. The zero-order valence-electron chi connectivity index (χ0n) is 18.9. The molecule has 0 aromatic heterocycles. The number of ether oxygens (including phenoxy) is 2. The van der Waals surface area contributed by atoms with Crippen LogP contribution in [-0.4, -0.2) is 19.5 Å². The molecule has 0 aliphatic rings. The van der Waals surface area contributed by atoms with E-state index in [4.69, 9.17) is 9.47 Å². The first-order chi connectivity index (χ1) is 12.7. The normalized spacial score (nSPS) is 13.3. The van der Waals surface area contributed by atoms with Crippen LogP contribution >= 0.6 is 0 Å². The van der Waals surface area contributed by atoms with Crippen molar-refractivity contribution in [3.05, 3.63) is 58.7 Å². The summed E-state index contributed by atoms with van der Waals surface area (Å²) in [6.07, 6.45) is 13.7. The van der Waals surface area contributed by atoms with Gasteiger partial charge in [-0.15, -0.1) is 0 Å². The Morgan fingerprint density at radius 1 is 0.704 bits per heavy atom. The molecule has 27 heavy (non-hydrogen) atoms. The largest absolute Gasteiger partial charge is 0.348 e. The van der Waals surface area contributed by atoms with Gasteiger partial charge in [-0.1, -0.05) is 58.7 Å². The van der Waals surface area contributed by atoms with Crippen molar-refractivity contribution in [2.24, 2.45) is 0 Å². The zero-order valence-corrected chi connectivity index (χ0v) is 18.9. The first-order valence-electron chi connectivity index (χ1n) is 10.2. The predicted octanol–water partition coefficient (Wildman–Crippen LogP) is 7.70. The maximum absolute atomic E-state index is 5.93. The summed E-state index contributed by atoms with van der Waals surface area (Å²) >= 11 is 0. The van der Waals surface area contributed by atoms with Crippen LogP contribution < -0.4 is 0 Å². The molecule has 0 saturated carbocycles. The molecule has 0 amide bonds. The van der Waals surface area contributed by atoms with Gasteiger partial charge in [0.15, 0.2) is 6.29 Å². The molecule has 0 rings (SSSR count). The van der Waals surface area contributed by atoms with E-state index in [9.17, 15) is 0 Å². The molecule has 0 aliphatic carbocycles. The Bertz CT molecular complexity index is 497. The van der Waals surface area contributed by atoms with Gasteiger partial charge in [0.2, 0.25) is 0 Å². The lowest BCUT2D eigenvalue weighted by Crippen LogP contribution is -2.18. The van der Waals surface area contributed by atoms with Crippen molar-refractivity contribution in [3.8, 4) is 0 Å². The Hall–Kier alpha value is -1.38. The summed E-state index contributed by atoms with van der Waals surface area (Å²) in [6, 6.07) is 0. The molecule has 0 heterocycles. The van der Waals surface area contributed by atoms with Gasteiger partial charge in [0.1, 0.15) is 0 Å². The van der Waals surface area contributed by atoms with Crippen LogP contribution in [0.1, 0.15) is 80.6 Å². The highest BCUT2D eigenvalue weighted by molar-refractivity contribution is 5.03. The zero-order chi connectivity index (χ0) is 20.7. The fourth-order valence-corrected chi connectivity index (χ4v) is 2.43. The number of allylic oxidation sites excluding steroid dienone is 6. The summed E-state index contributed by atoms with van der Waals surface area (Å²) in [5, 5.41) is 0. The van der Waals surface area contributed by atoms with E-state index in [1.807, 2.05) is 6.92 Å². The van der Waals surface area contributed by atoms with Crippen molar-refractivity contribution in [2.45, 2.75) is 86.9 Å². The quantitative estimate of drug-likeness (QED) is 0.229. The molecular weight excluding hydrogens is 332 g/mol. The lowest BCUT2D eigenvalue weighted by Gasteiger charge is -2.17. The Labute approximate surface area is 168 Å². The maximum Gasteiger partial charge on any atom is 0.162 e. The maximum atomic E-state index is 5.93. The Balaban J connectivity index is 4.36. The first kappa shape index (κ1) is 25.6. The minimum Gasteiger partial charge on any atom is -0.348 e. The van der Waals surface area contributed by atoms with Gasteiger partial charge in [-0.3, -0.25) is 0 Å². The molecule has 0 aromatic carbocycles. The topological polar surface area (TPSA) is 18.5 Å². The molecular formula is C25H42O2. The van der Waals surface area contributed by atoms with Crippen molar-refractivity contribution in [2.75, 3.05) is 13.2 Å². The van der Waals surface area contributed by atoms with Gasteiger partial charge in [-0.25, -0.2) is 0 Å². The van der Waals surface area contributed by atoms with Gasteiger partial charge in [-0.2, -0.15) is 0 Å². The van der Waals surface area contributed by atoms with Gasteiger partial charge in [0.25, 0.3) is 0 Å². The summed E-state index contributed by atoms with van der Waals surface area (Å²) in [6.45, 7) is 20.1. The van der Waals surface area contributed by atoms with Crippen molar-refractivity contribution in [3.63, 3.8) is 0 Å². The summed E-state index contributed by atoms with van der Waals surface area (Å²) < 4.78 is 11.9. The SMILES string of the molecule is C=C(C)CC(OCC=C(C)CCC=C(C)C)OCC=C(C)CCC=C(C)C. The third kappa shape index (κ3) is 17.8. The minimum atomic E-state index is -0.230. The molecule has 0 unspecified atom stereocenters. The fourth-order valence-electron chi connectivity index (χ4n) is 2.43. The average Bonchev–Trinajstić information content (AvgIpc) is 2.53. The second-order valence-corrected chi connectivity index (χ2v) is 8.00. The third-order valence-electron chi connectivity index (χ3n) is 4.13. The molecule has 0 radical (unpaired) electrons. The molecule has 0 aliphatic heterocycles. The van der Waals surface area contributed by atoms with E-state index in [0.29, 0.717) is 13.2 Å². The smallest absolute Gasteiger partial charge is 0.162 e. The van der Waals surface area contributed by atoms with Gasteiger partial charge < -0.3 is 9.47 Å². The molecule has 0 spiro atoms. The van der Waals surface area contributed by atoms with Crippen molar-refractivity contribution >= 4 is 0 Å². The Morgan fingerprint density at radius 3 is 1.44 bits per heavy atom. The van der Waals surface area contributed by atoms with Gasteiger partial charge in [0.05, 0.1) is 13.2 Å². The summed E-state index contributed by atoms with van der Waals surface area (Å²) in [5.74, 6) is 0. The summed E-state index contributed by atoms with van der Waals surface area (Å²) in [5.41, 5.74) is 6.54. The van der Waals surface area contributed by atoms with Gasteiger partial charge in [0, 0.05) is 6.42 Å². The first-order valence-corrected chi connectivity index (χ1v) is 10.2. The number of hydrogen-bond acceptors (Lipinski definition) is 2. The summed E-state index contributed by atoms with van der Waals surface area (Å²) in [7, 11) is 0. The van der Waals surface area contributed by atoms with Crippen LogP contribution in [0.15, 0.2) is 58.7 Å². The minimum absolute atomic E-state index is 0.230. The van der Waals surface area contributed by atoms with E-state index in [1.54, 1.807) is 0 Å². The van der Waals surface area contributed by atoms with E-state index in [0.717, 1.165) is 37.7 Å². The van der Waals surface area contributed by atoms with E-state index in [-0.39, 0.29) is 6.29 Å².